The molecule has 0 nitrogen and oxygen atoms in total. The van der Waals surface area contributed by atoms with Crippen molar-refractivity contribution in [1.82, 2.24) is 0 Å². The molecule has 5 aliphatic carbocycles. The first-order valence-corrected chi connectivity index (χ1v) is 24.6. The Hall–Kier alpha value is -1.79. The maximum absolute atomic E-state index is 2.86. The SMILES string of the molecule is CC1CC2C(=C3Cc4ccccc4C3C3CCCCC23)[C](C)([Zr+2](=[C](c2ccc(C(C)(C)C)cc2)c2ccc(C(C)(C)C)cc2)[CH]2C=CC=C2)C1(C)C.[Cl-].[Cl-]. The number of allylic oxidation sites excluding steroid dienone is 6. The molecule has 3 aromatic rings. The van der Waals surface area contributed by atoms with Crippen molar-refractivity contribution >= 4 is 3.21 Å². The molecule has 6 atom stereocenters. The van der Waals surface area contributed by atoms with Crippen LogP contribution in [0.4, 0.5) is 0 Å². The van der Waals surface area contributed by atoms with Gasteiger partial charge in [-0.15, -0.1) is 0 Å². The third kappa shape index (κ3) is 6.75. The van der Waals surface area contributed by atoms with Crippen molar-refractivity contribution in [2.75, 3.05) is 0 Å². The summed E-state index contributed by atoms with van der Waals surface area (Å²) in [4.78, 5) is 0. The Morgan fingerprint density at radius 2 is 1.20 bits per heavy atom. The van der Waals surface area contributed by atoms with Gasteiger partial charge in [0.2, 0.25) is 0 Å². The van der Waals surface area contributed by atoms with Gasteiger partial charge in [-0.05, 0) is 0 Å². The normalized spacial score (nSPS) is 28.1. The minimum atomic E-state index is -2.86. The van der Waals surface area contributed by atoms with E-state index in [2.05, 4.69) is 166 Å². The first kappa shape index (κ1) is 41.8. The molecule has 54 heavy (non-hydrogen) atoms. The maximum atomic E-state index is 2.86. The predicted octanol–water partition coefficient (Wildman–Crippen LogP) is 7.71. The van der Waals surface area contributed by atoms with Crippen molar-refractivity contribution in [3.8, 4) is 0 Å². The van der Waals surface area contributed by atoms with Crippen molar-refractivity contribution in [1.29, 1.82) is 0 Å². The Morgan fingerprint density at radius 3 is 1.74 bits per heavy atom. The van der Waals surface area contributed by atoms with Crippen molar-refractivity contribution < 1.29 is 46.1 Å². The second kappa shape index (κ2) is 15.2. The summed E-state index contributed by atoms with van der Waals surface area (Å²) in [5.41, 5.74) is 13.4. The summed E-state index contributed by atoms with van der Waals surface area (Å²) in [5.74, 6) is 3.65. The second-order valence-electron chi connectivity index (χ2n) is 20.2. The summed E-state index contributed by atoms with van der Waals surface area (Å²) in [5, 5.41) is 0. The molecule has 5 aliphatic rings. The van der Waals surface area contributed by atoms with E-state index in [0.29, 0.717) is 15.5 Å². The van der Waals surface area contributed by atoms with Crippen LogP contribution in [0, 0.1) is 29.1 Å². The zero-order valence-corrected chi connectivity index (χ0v) is 38.7. The van der Waals surface area contributed by atoms with Gasteiger partial charge < -0.3 is 24.8 Å². The molecule has 2 saturated carbocycles. The van der Waals surface area contributed by atoms with Crippen molar-refractivity contribution in [2.24, 2.45) is 29.1 Å². The van der Waals surface area contributed by atoms with E-state index >= 15 is 0 Å². The number of fused-ring (bicyclic) bond motifs is 7. The van der Waals surface area contributed by atoms with E-state index in [1.165, 1.54) is 60.8 Å². The van der Waals surface area contributed by atoms with Gasteiger partial charge in [0.15, 0.2) is 0 Å². The third-order valence-corrected chi connectivity index (χ3v) is 25.5. The van der Waals surface area contributed by atoms with E-state index in [1.54, 1.807) is 14.3 Å². The first-order valence-electron chi connectivity index (χ1n) is 20.7. The average Bonchev–Trinajstić information content (AvgIpc) is 3.78. The van der Waals surface area contributed by atoms with Gasteiger partial charge in [0.1, 0.15) is 0 Å². The van der Waals surface area contributed by atoms with Crippen LogP contribution in [-0.2, 0) is 38.5 Å². The van der Waals surface area contributed by atoms with E-state index in [-0.39, 0.29) is 44.2 Å². The van der Waals surface area contributed by atoms with Crippen LogP contribution in [-0.4, -0.2) is 3.21 Å². The van der Waals surface area contributed by atoms with Crippen molar-refractivity contribution in [3.63, 3.8) is 0 Å². The van der Waals surface area contributed by atoms with Gasteiger partial charge in [-0.1, -0.05) is 0 Å². The molecule has 0 heterocycles. The van der Waals surface area contributed by atoms with Gasteiger partial charge in [0, 0.05) is 0 Å². The Morgan fingerprint density at radius 1 is 0.685 bits per heavy atom. The molecule has 2 fully saturated rings. The standard InChI is InChI=1S/C25H33.C21H26.C5H5.2ClH.Zr/c1-15-13-21-19-11-7-8-12-20(19)24-18-10-6-5-9-17(18)14-22(24)23(21)16(2)25(15,3)4;1-20(2,3)18-11-7-16(8-12-18)15-17-9-13-19(14-10-17)21(4,5)6;1-2-4-5-3-1;;;/h5-6,9-10,15,19-21,24H,7-8,11-14H2,1-4H3;7-14H,1-6H3;1-5H;2*1H;/q;;;;;+2/p-2. The summed E-state index contributed by atoms with van der Waals surface area (Å²) in [6, 6.07) is 29.6. The van der Waals surface area contributed by atoms with Crippen LogP contribution < -0.4 is 24.8 Å². The van der Waals surface area contributed by atoms with Gasteiger partial charge in [-0.2, -0.15) is 0 Å². The number of hydrogen-bond donors (Lipinski definition) is 0. The van der Waals surface area contributed by atoms with Crippen LogP contribution in [0.15, 0.2) is 108 Å². The van der Waals surface area contributed by atoms with E-state index in [4.69, 9.17) is 0 Å². The molecule has 0 aliphatic heterocycles. The second-order valence-corrected chi connectivity index (χ2v) is 27.6. The summed E-state index contributed by atoms with van der Waals surface area (Å²) in [6.07, 6.45) is 18.3. The van der Waals surface area contributed by atoms with Gasteiger partial charge in [0.25, 0.3) is 0 Å². The van der Waals surface area contributed by atoms with Crippen molar-refractivity contribution in [2.45, 2.75) is 131 Å². The zero-order chi connectivity index (χ0) is 36.8. The Balaban J connectivity index is 0.00000249. The Bertz CT molecular complexity index is 1900. The Labute approximate surface area is 348 Å². The van der Waals surface area contributed by atoms with E-state index in [9.17, 15) is 0 Å². The molecule has 0 saturated heterocycles. The molecule has 0 radical (unpaired) electrons. The maximum Gasteiger partial charge on any atom is -1.00 e. The van der Waals surface area contributed by atoms with E-state index in [1.807, 2.05) is 11.1 Å². The largest absolute Gasteiger partial charge is 1.00 e. The number of hydrogen-bond acceptors (Lipinski definition) is 0. The first-order chi connectivity index (χ1) is 24.6. The molecule has 286 valence electrons. The average molecular weight is 839 g/mol. The molecule has 0 aromatic heterocycles. The molecule has 0 spiro atoms. The Kier molecular flexibility index (Phi) is 11.8. The van der Waals surface area contributed by atoms with Crippen LogP contribution in [0.5, 0.6) is 0 Å². The zero-order valence-electron chi connectivity index (χ0n) is 34.7. The smallest absolute Gasteiger partial charge is 1.00 e. The molecule has 8 rings (SSSR count). The fourth-order valence-electron chi connectivity index (χ4n) is 11.9. The molecular weight excluding hydrogens is 775 g/mol. The number of benzene rings is 3. The van der Waals surface area contributed by atoms with Gasteiger partial charge in [0.05, 0.1) is 0 Å². The van der Waals surface area contributed by atoms with Crippen LogP contribution in [0.2, 0.25) is 6.75 Å². The van der Waals surface area contributed by atoms with Gasteiger partial charge >= 0.3 is 326 Å². The van der Waals surface area contributed by atoms with Crippen LogP contribution in [0.3, 0.4) is 0 Å². The number of halogens is 2. The molecule has 0 bridgehead atoms. The predicted molar refractivity (Wildman–Crippen MR) is 220 cm³/mol. The monoisotopic (exact) mass is 836 g/mol. The summed E-state index contributed by atoms with van der Waals surface area (Å²) >= 11 is -2.86. The summed E-state index contributed by atoms with van der Waals surface area (Å²) in [6.45, 7) is 25.1. The minimum Gasteiger partial charge on any atom is -1.00 e. The molecule has 3 heteroatoms. The molecule has 6 unspecified atom stereocenters. The van der Waals surface area contributed by atoms with Crippen molar-refractivity contribution in [3.05, 3.63) is 142 Å². The molecule has 0 amide bonds. The van der Waals surface area contributed by atoms with Gasteiger partial charge in [-0.25, -0.2) is 0 Å². The molecule has 0 N–H and O–H groups in total. The fraction of sp³-hybridized carbons (Fsp3) is 0.510. The minimum absolute atomic E-state index is 0. The molecular formula is C51H64Cl2Zr. The summed E-state index contributed by atoms with van der Waals surface area (Å²) < 4.78 is 2.40. The quantitative estimate of drug-likeness (QED) is 0.237. The van der Waals surface area contributed by atoms with Crippen LogP contribution >= 0.6 is 0 Å². The fourth-order valence-corrected chi connectivity index (χ4v) is 23.3. The third-order valence-electron chi connectivity index (χ3n) is 15.3. The van der Waals surface area contributed by atoms with Gasteiger partial charge in [-0.3, -0.25) is 0 Å². The van der Waals surface area contributed by atoms with E-state index < -0.39 is 21.3 Å². The number of rotatable bonds is 4. The molecule has 3 aromatic carbocycles. The topological polar surface area (TPSA) is 0 Å². The summed E-state index contributed by atoms with van der Waals surface area (Å²) in [7, 11) is 0. The van der Waals surface area contributed by atoms with Crippen LogP contribution in [0.25, 0.3) is 0 Å². The van der Waals surface area contributed by atoms with E-state index in [0.717, 1.165) is 17.8 Å². The van der Waals surface area contributed by atoms with Crippen LogP contribution in [0.1, 0.15) is 141 Å².